The Bertz CT molecular complexity index is 461. The molecule has 3 rings (SSSR count). The monoisotopic (exact) mass is 244 g/mol. The van der Waals surface area contributed by atoms with Gasteiger partial charge in [-0.25, -0.2) is 4.98 Å². The minimum atomic E-state index is 0.387. The van der Waals surface area contributed by atoms with Gasteiger partial charge in [-0.05, 0) is 55.1 Å². The lowest BCUT2D eigenvalue weighted by molar-refractivity contribution is 0.155. The number of pyridine rings is 1. The van der Waals surface area contributed by atoms with Crippen LogP contribution in [0.3, 0.4) is 0 Å². The SMILES string of the molecule is Cc1cccc(NC2C3(C)CCC(C3)C2(C)C)n1. The van der Waals surface area contributed by atoms with Crippen LogP contribution in [0.1, 0.15) is 45.7 Å². The number of aromatic nitrogens is 1. The first kappa shape index (κ1) is 12.0. The van der Waals surface area contributed by atoms with Gasteiger partial charge in [0.05, 0.1) is 0 Å². The summed E-state index contributed by atoms with van der Waals surface area (Å²) in [6.45, 7) is 9.36. The van der Waals surface area contributed by atoms with Crippen LogP contribution in [0.4, 0.5) is 5.82 Å². The Hall–Kier alpha value is -1.05. The molecular formula is C16H24N2. The molecule has 0 saturated heterocycles. The van der Waals surface area contributed by atoms with Gasteiger partial charge in [-0.3, -0.25) is 0 Å². The Kier molecular flexibility index (Phi) is 2.48. The number of aryl methyl sites for hydroxylation is 1. The maximum Gasteiger partial charge on any atom is 0.126 e. The fourth-order valence-corrected chi connectivity index (χ4v) is 4.43. The molecule has 1 aromatic rings. The molecule has 3 unspecified atom stereocenters. The van der Waals surface area contributed by atoms with Gasteiger partial charge in [-0.2, -0.15) is 0 Å². The highest BCUT2D eigenvalue weighted by molar-refractivity contribution is 5.39. The van der Waals surface area contributed by atoms with Gasteiger partial charge in [0, 0.05) is 11.7 Å². The molecule has 1 aromatic heterocycles. The van der Waals surface area contributed by atoms with Crippen LogP contribution < -0.4 is 5.32 Å². The van der Waals surface area contributed by atoms with Crippen LogP contribution in [-0.2, 0) is 0 Å². The van der Waals surface area contributed by atoms with E-state index in [1.54, 1.807) is 0 Å². The molecule has 0 aliphatic heterocycles. The van der Waals surface area contributed by atoms with Crippen LogP contribution in [0.5, 0.6) is 0 Å². The average molecular weight is 244 g/mol. The molecular weight excluding hydrogens is 220 g/mol. The Morgan fingerprint density at radius 2 is 2.06 bits per heavy atom. The predicted molar refractivity (Wildman–Crippen MR) is 75.6 cm³/mol. The van der Waals surface area contributed by atoms with Crippen LogP contribution in [0.2, 0.25) is 0 Å². The molecule has 0 radical (unpaired) electrons. The lowest BCUT2D eigenvalue weighted by atomic mass is 9.68. The van der Waals surface area contributed by atoms with Crippen LogP contribution in [0.25, 0.3) is 0 Å². The number of rotatable bonds is 2. The van der Waals surface area contributed by atoms with Gasteiger partial charge in [0.25, 0.3) is 0 Å². The number of nitrogens with zero attached hydrogens (tertiary/aromatic N) is 1. The summed E-state index contributed by atoms with van der Waals surface area (Å²) in [6.07, 6.45) is 4.15. The van der Waals surface area contributed by atoms with Crippen molar-refractivity contribution in [2.24, 2.45) is 16.7 Å². The quantitative estimate of drug-likeness (QED) is 0.850. The van der Waals surface area contributed by atoms with Gasteiger partial charge in [0.1, 0.15) is 5.82 Å². The van der Waals surface area contributed by atoms with Gasteiger partial charge >= 0.3 is 0 Å². The fourth-order valence-electron chi connectivity index (χ4n) is 4.43. The average Bonchev–Trinajstić information content (AvgIpc) is 2.76. The number of anilines is 1. The molecule has 2 nitrogen and oxygen atoms in total. The zero-order valence-corrected chi connectivity index (χ0v) is 12.0. The first-order chi connectivity index (χ1) is 8.42. The van der Waals surface area contributed by atoms with Crippen LogP contribution in [0.15, 0.2) is 18.2 Å². The van der Waals surface area contributed by atoms with E-state index in [1.807, 2.05) is 0 Å². The molecule has 2 heteroatoms. The van der Waals surface area contributed by atoms with Crippen LogP contribution in [-0.4, -0.2) is 11.0 Å². The molecule has 18 heavy (non-hydrogen) atoms. The van der Waals surface area contributed by atoms with E-state index in [-0.39, 0.29) is 0 Å². The number of hydrogen-bond donors (Lipinski definition) is 1. The van der Waals surface area contributed by atoms with Crippen molar-refractivity contribution >= 4 is 5.82 Å². The lowest BCUT2D eigenvalue weighted by Crippen LogP contribution is -2.45. The van der Waals surface area contributed by atoms with Crippen molar-refractivity contribution in [1.82, 2.24) is 4.98 Å². The molecule has 1 N–H and O–H groups in total. The van der Waals surface area contributed by atoms with Crippen molar-refractivity contribution < 1.29 is 0 Å². The number of nitrogens with one attached hydrogen (secondary N) is 1. The highest BCUT2D eigenvalue weighted by atomic mass is 15.1. The molecule has 2 saturated carbocycles. The van der Waals surface area contributed by atoms with Gasteiger partial charge in [0.2, 0.25) is 0 Å². The minimum Gasteiger partial charge on any atom is -0.366 e. The van der Waals surface area contributed by atoms with E-state index in [2.05, 4.69) is 56.2 Å². The Morgan fingerprint density at radius 1 is 1.28 bits per heavy atom. The van der Waals surface area contributed by atoms with E-state index < -0.39 is 0 Å². The van der Waals surface area contributed by atoms with E-state index in [0.717, 1.165) is 17.4 Å². The van der Waals surface area contributed by atoms with E-state index in [0.29, 0.717) is 16.9 Å². The van der Waals surface area contributed by atoms with Gasteiger partial charge in [-0.15, -0.1) is 0 Å². The summed E-state index contributed by atoms with van der Waals surface area (Å²) in [6, 6.07) is 6.79. The number of fused-ring (bicyclic) bond motifs is 2. The summed E-state index contributed by atoms with van der Waals surface area (Å²) in [4.78, 5) is 4.61. The topological polar surface area (TPSA) is 24.9 Å². The molecule has 2 aliphatic carbocycles. The number of hydrogen-bond acceptors (Lipinski definition) is 2. The maximum absolute atomic E-state index is 4.61. The summed E-state index contributed by atoms with van der Waals surface area (Å²) < 4.78 is 0. The third-order valence-corrected chi connectivity index (χ3v) is 5.45. The molecule has 2 aliphatic rings. The predicted octanol–water partition coefficient (Wildman–Crippen LogP) is 4.02. The maximum atomic E-state index is 4.61. The summed E-state index contributed by atoms with van der Waals surface area (Å²) in [7, 11) is 0. The molecule has 98 valence electrons. The Labute approximate surface area is 110 Å². The summed E-state index contributed by atoms with van der Waals surface area (Å²) in [5.41, 5.74) is 1.93. The van der Waals surface area contributed by atoms with E-state index in [1.165, 1.54) is 19.3 Å². The second-order valence-electron chi connectivity index (χ2n) is 7.16. The molecule has 0 aromatic carbocycles. The van der Waals surface area contributed by atoms with Crippen molar-refractivity contribution in [2.45, 2.75) is 53.0 Å². The van der Waals surface area contributed by atoms with Crippen LogP contribution in [0, 0.1) is 23.7 Å². The lowest BCUT2D eigenvalue weighted by Gasteiger charge is -2.43. The van der Waals surface area contributed by atoms with Gasteiger partial charge in [0.15, 0.2) is 0 Å². The highest BCUT2D eigenvalue weighted by Crippen LogP contribution is 2.62. The normalized spacial score (nSPS) is 36.9. The molecule has 1 heterocycles. The zero-order valence-electron chi connectivity index (χ0n) is 12.0. The first-order valence-electron chi connectivity index (χ1n) is 7.12. The smallest absolute Gasteiger partial charge is 0.126 e. The Morgan fingerprint density at radius 3 is 2.67 bits per heavy atom. The molecule has 2 bridgehead atoms. The largest absolute Gasteiger partial charge is 0.366 e. The third kappa shape index (κ3) is 1.65. The van der Waals surface area contributed by atoms with E-state index >= 15 is 0 Å². The van der Waals surface area contributed by atoms with E-state index in [9.17, 15) is 0 Å². The van der Waals surface area contributed by atoms with Gasteiger partial charge in [-0.1, -0.05) is 26.8 Å². The third-order valence-electron chi connectivity index (χ3n) is 5.45. The van der Waals surface area contributed by atoms with Gasteiger partial charge < -0.3 is 5.32 Å². The summed E-state index contributed by atoms with van der Waals surface area (Å²) in [5, 5.41) is 3.73. The first-order valence-corrected chi connectivity index (χ1v) is 7.12. The highest BCUT2D eigenvalue weighted by Gasteiger charge is 2.59. The van der Waals surface area contributed by atoms with Crippen molar-refractivity contribution in [3.05, 3.63) is 23.9 Å². The van der Waals surface area contributed by atoms with Crippen molar-refractivity contribution in [2.75, 3.05) is 5.32 Å². The second kappa shape index (κ2) is 3.72. The molecule has 0 spiro atoms. The molecule has 2 fully saturated rings. The second-order valence-corrected chi connectivity index (χ2v) is 7.16. The zero-order chi connectivity index (χ0) is 13.0. The van der Waals surface area contributed by atoms with E-state index in [4.69, 9.17) is 0 Å². The summed E-state index contributed by atoms with van der Waals surface area (Å²) >= 11 is 0. The fraction of sp³-hybridized carbons (Fsp3) is 0.688. The standard InChI is InChI=1S/C16H24N2/c1-11-6-5-7-13(17-11)18-14-15(2,3)12-8-9-16(14,4)10-12/h5-7,12,14H,8-10H2,1-4H3,(H,17,18). The van der Waals surface area contributed by atoms with Crippen molar-refractivity contribution in [1.29, 1.82) is 0 Å². The molecule has 3 atom stereocenters. The van der Waals surface area contributed by atoms with Crippen LogP contribution >= 0.6 is 0 Å². The Balaban J connectivity index is 1.88. The molecule has 0 amide bonds. The van der Waals surface area contributed by atoms with Crippen molar-refractivity contribution in [3.63, 3.8) is 0 Å². The minimum absolute atomic E-state index is 0.387. The summed E-state index contributed by atoms with van der Waals surface area (Å²) in [5.74, 6) is 1.92. The van der Waals surface area contributed by atoms with Crippen molar-refractivity contribution in [3.8, 4) is 0 Å².